The lowest BCUT2D eigenvalue weighted by Gasteiger charge is -2.19. The highest BCUT2D eigenvalue weighted by Crippen LogP contribution is 1.94. The summed E-state index contributed by atoms with van der Waals surface area (Å²) in [6, 6.07) is -1.29. The Hall–Kier alpha value is -1.52. The molecule has 0 heterocycles. The van der Waals surface area contributed by atoms with Crippen molar-refractivity contribution in [1.82, 2.24) is 10.2 Å². The number of hydrogen-bond acceptors (Lipinski definition) is 2. The molecule has 1 atom stereocenters. The maximum Gasteiger partial charge on any atom is 0.325 e. The number of urea groups is 1. The van der Waals surface area contributed by atoms with E-state index in [0.717, 1.165) is 5.57 Å². The molecule has 0 unspecified atom stereocenters. The second-order valence-corrected chi connectivity index (χ2v) is 3.32. The Morgan fingerprint density at radius 3 is 2.43 bits per heavy atom. The van der Waals surface area contributed by atoms with Crippen molar-refractivity contribution >= 4 is 12.0 Å². The summed E-state index contributed by atoms with van der Waals surface area (Å²) < 4.78 is 0. The first kappa shape index (κ1) is 12.5. The fourth-order valence-electron chi connectivity index (χ4n) is 0.834. The van der Waals surface area contributed by atoms with Gasteiger partial charge in [0.15, 0.2) is 0 Å². The van der Waals surface area contributed by atoms with E-state index in [0.29, 0.717) is 6.54 Å². The van der Waals surface area contributed by atoms with Crippen LogP contribution in [0.15, 0.2) is 12.2 Å². The first-order chi connectivity index (χ1) is 6.34. The molecule has 0 saturated heterocycles. The van der Waals surface area contributed by atoms with Crippen LogP contribution in [0.4, 0.5) is 4.79 Å². The van der Waals surface area contributed by atoms with Crippen LogP contribution in [0.5, 0.6) is 0 Å². The minimum atomic E-state index is -1.05. The summed E-state index contributed by atoms with van der Waals surface area (Å²) in [7, 11) is 1.58. The largest absolute Gasteiger partial charge is 0.480 e. The van der Waals surface area contributed by atoms with E-state index in [1.807, 2.05) is 0 Å². The maximum absolute atomic E-state index is 11.3. The third-order valence-corrected chi connectivity index (χ3v) is 1.56. The van der Waals surface area contributed by atoms with Crippen LogP contribution >= 0.6 is 0 Å². The zero-order chi connectivity index (χ0) is 11.3. The average molecular weight is 200 g/mol. The molecule has 0 radical (unpaired) electrons. The quantitative estimate of drug-likeness (QED) is 0.655. The van der Waals surface area contributed by atoms with Crippen molar-refractivity contribution in [3.05, 3.63) is 12.2 Å². The predicted molar refractivity (Wildman–Crippen MR) is 53.1 cm³/mol. The van der Waals surface area contributed by atoms with Crippen LogP contribution in [0.1, 0.15) is 13.8 Å². The number of nitrogens with one attached hydrogen (secondary N) is 1. The van der Waals surface area contributed by atoms with E-state index in [2.05, 4.69) is 11.9 Å². The minimum absolute atomic E-state index is 0.414. The molecular formula is C9H16N2O3. The molecule has 0 aliphatic carbocycles. The number of rotatable bonds is 4. The second-order valence-electron chi connectivity index (χ2n) is 3.32. The molecule has 0 aromatic carbocycles. The molecule has 0 saturated carbocycles. The van der Waals surface area contributed by atoms with Crippen LogP contribution < -0.4 is 5.32 Å². The number of carboxylic acid groups (broad SMARTS) is 1. The Kier molecular flexibility index (Phi) is 4.69. The number of nitrogens with zero attached hydrogens (tertiary/aromatic N) is 1. The molecule has 0 rings (SSSR count). The summed E-state index contributed by atoms with van der Waals surface area (Å²) in [5.74, 6) is -1.05. The Labute approximate surface area is 83.4 Å². The summed E-state index contributed by atoms with van der Waals surface area (Å²) in [5, 5.41) is 10.9. The molecule has 0 aromatic heterocycles. The smallest absolute Gasteiger partial charge is 0.325 e. The highest BCUT2D eigenvalue weighted by Gasteiger charge is 2.16. The molecule has 2 amide bonds. The van der Waals surface area contributed by atoms with Gasteiger partial charge >= 0.3 is 12.0 Å². The van der Waals surface area contributed by atoms with Crippen LogP contribution in [0.25, 0.3) is 0 Å². The maximum atomic E-state index is 11.3. The number of aliphatic carboxylic acids is 1. The Bertz CT molecular complexity index is 250. The predicted octanol–water partition coefficient (Wildman–Crippen LogP) is 0.677. The van der Waals surface area contributed by atoms with Gasteiger partial charge in [0.05, 0.1) is 0 Å². The highest BCUT2D eigenvalue weighted by atomic mass is 16.4. The summed E-state index contributed by atoms with van der Waals surface area (Å²) in [4.78, 5) is 23.1. The molecule has 0 bridgehead atoms. The van der Waals surface area contributed by atoms with Gasteiger partial charge in [-0.15, -0.1) is 0 Å². The Morgan fingerprint density at radius 2 is 2.07 bits per heavy atom. The summed E-state index contributed by atoms with van der Waals surface area (Å²) in [6.45, 7) is 7.28. The van der Waals surface area contributed by atoms with Gasteiger partial charge in [0.25, 0.3) is 0 Å². The zero-order valence-electron chi connectivity index (χ0n) is 8.70. The van der Waals surface area contributed by atoms with Gasteiger partial charge in [-0.05, 0) is 13.8 Å². The summed E-state index contributed by atoms with van der Waals surface area (Å²) in [5.41, 5.74) is 0.839. The molecule has 5 nitrogen and oxygen atoms in total. The first-order valence-corrected chi connectivity index (χ1v) is 4.23. The number of likely N-dealkylation sites (N-methyl/N-ethyl adjacent to an activating group) is 1. The fourth-order valence-corrected chi connectivity index (χ4v) is 0.834. The Balaban J connectivity index is 4.07. The van der Waals surface area contributed by atoms with Crippen LogP contribution in [0.2, 0.25) is 0 Å². The van der Waals surface area contributed by atoms with Gasteiger partial charge in [-0.2, -0.15) is 0 Å². The zero-order valence-corrected chi connectivity index (χ0v) is 8.70. The normalized spacial score (nSPS) is 11.6. The van der Waals surface area contributed by atoms with Crippen LogP contribution in [0, 0.1) is 0 Å². The van der Waals surface area contributed by atoms with Crippen molar-refractivity contribution in [3.8, 4) is 0 Å². The number of carbonyl (C=O) groups excluding carboxylic acids is 1. The van der Waals surface area contributed by atoms with Gasteiger partial charge in [0, 0.05) is 13.6 Å². The van der Waals surface area contributed by atoms with Crippen molar-refractivity contribution in [3.63, 3.8) is 0 Å². The lowest BCUT2D eigenvalue weighted by molar-refractivity contribution is -0.138. The van der Waals surface area contributed by atoms with E-state index in [1.54, 1.807) is 14.0 Å². The second kappa shape index (κ2) is 5.26. The average Bonchev–Trinajstić information content (AvgIpc) is 2.02. The molecule has 5 heteroatoms. The van der Waals surface area contributed by atoms with Gasteiger partial charge in [-0.25, -0.2) is 4.79 Å². The number of carbonyl (C=O) groups is 2. The van der Waals surface area contributed by atoms with Crippen molar-refractivity contribution in [2.45, 2.75) is 19.9 Å². The monoisotopic (exact) mass is 200 g/mol. The number of hydrogen-bond donors (Lipinski definition) is 2. The van der Waals surface area contributed by atoms with Gasteiger partial charge in [0.2, 0.25) is 0 Å². The van der Waals surface area contributed by atoms with Gasteiger partial charge in [-0.3, -0.25) is 4.79 Å². The molecule has 14 heavy (non-hydrogen) atoms. The molecular weight excluding hydrogens is 184 g/mol. The van der Waals surface area contributed by atoms with Gasteiger partial charge < -0.3 is 15.3 Å². The van der Waals surface area contributed by atoms with Crippen molar-refractivity contribution < 1.29 is 14.7 Å². The molecule has 0 fully saturated rings. The van der Waals surface area contributed by atoms with E-state index in [-0.39, 0.29) is 0 Å². The van der Waals surface area contributed by atoms with Gasteiger partial charge in [-0.1, -0.05) is 12.2 Å². The van der Waals surface area contributed by atoms with Crippen molar-refractivity contribution in [2.24, 2.45) is 0 Å². The van der Waals surface area contributed by atoms with E-state index >= 15 is 0 Å². The minimum Gasteiger partial charge on any atom is -0.480 e. The Morgan fingerprint density at radius 1 is 1.57 bits per heavy atom. The fraction of sp³-hybridized carbons (Fsp3) is 0.556. The van der Waals surface area contributed by atoms with Crippen molar-refractivity contribution in [1.29, 1.82) is 0 Å². The third kappa shape index (κ3) is 4.49. The molecule has 0 aliphatic rings. The highest BCUT2D eigenvalue weighted by molar-refractivity contribution is 5.82. The standard InChI is InChI=1S/C9H16N2O3/c1-6(2)5-11(4)9(14)10-7(3)8(12)13/h7H,1,5H2,2-4H3,(H,10,14)(H,12,13)/t7-/m1/s1. The summed E-state index contributed by atoms with van der Waals surface area (Å²) >= 11 is 0. The SMILES string of the molecule is C=C(C)CN(C)C(=O)N[C@H](C)C(=O)O. The van der Waals surface area contributed by atoms with Gasteiger partial charge in [0.1, 0.15) is 6.04 Å². The van der Waals surface area contributed by atoms with E-state index in [1.165, 1.54) is 11.8 Å². The van der Waals surface area contributed by atoms with Crippen LogP contribution in [0.3, 0.4) is 0 Å². The molecule has 2 N–H and O–H groups in total. The van der Waals surface area contributed by atoms with E-state index in [4.69, 9.17) is 5.11 Å². The molecule has 0 aliphatic heterocycles. The summed E-state index contributed by atoms with van der Waals surface area (Å²) in [6.07, 6.45) is 0. The lowest BCUT2D eigenvalue weighted by Crippen LogP contribution is -2.45. The third-order valence-electron chi connectivity index (χ3n) is 1.56. The van der Waals surface area contributed by atoms with Crippen molar-refractivity contribution in [2.75, 3.05) is 13.6 Å². The molecule has 0 aromatic rings. The van der Waals surface area contributed by atoms with Crippen LogP contribution in [-0.2, 0) is 4.79 Å². The van der Waals surface area contributed by atoms with E-state index in [9.17, 15) is 9.59 Å². The molecule has 80 valence electrons. The van der Waals surface area contributed by atoms with Crippen LogP contribution in [-0.4, -0.2) is 41.6 Å². The topological polar surface area (TPSA) is 69.6 Å². The number of amides is 2. The molecule has 0 spiro atoms. The lowest BCUT2D eigenvalue weighted by atomic mass is 10.3. The van der Waals surface area contributed by atoms with E-state index < -0.39 is 18.0 Å². The number of carboxylic acids is 1. The first-order valence-electron chi connectivity index (χ1n) is 4.23.